The molecule has 18 heavy (non-hydrogen) atoms. The normalized spacial score (nSPS) is 23.9. The van der Waals surface area contributed by atoms with Gasteiger partial charge in [-0.1, -0.05) is 32.1 Å². The number of carboxylic acid groups (broad SMARTS) is 1. The maximum Gasteiger partial charge on any atom is 0.315 e. The molecule has 2 fully saturated rings. The van der Waals surface area contributed by atoms with Crippen molar-refractivity contribution in [3.63, 3.8) is 0 Å². The molecule has 2 rings (SSSR count). The van der Waals surface area contributed by atoms with Gasteiger partial charge in [-0.3, -0.25) is 4.79 Å². The second-order valence-corrected chi connectivity index (χ2v) is 6.11. The minimum atomic E-state index is -0.710. The Hall–Kier alpha value is -0.610. The van der Waals surface area contributed by atoms with Crippen molar-refractivity contribution in [2.45, 2.75) is 38.5 Å². The van der Waals surface area contributed by atoms with Gasteiger partial charge in [-0.2, -0.15) is 0 Å². The lowest BCUT2D eigenvalue weighted by Gasteiger charge is -2.40. The number of carboxylic acids is 1. The summed E-state index contributed by atoms with van der Waals surface area (Å²) in [7, 11) is 2.03. The summed E-state index contributed by atoms with van der Waals surface area (Å²) in [5, 5.41) is 9.24. The zero-order valence-corrected chi connectivity index (χ0v) is 11.4. The lowest BCUT2D eigenvalue weighted by Crippen LogP contribution is -2.55. The van der Waals surface area contributed by atoms with E-state index in [4.69, 9.17) is 4.74 Å². The summed E-state index contributed by atoms with van der Waals surface area (Å²) in [6, 6.07) is 0. The van der Waals surface area contributed by atoms with Crippen LogP contribution in [-0.4, -0.2) is 49.3 Å². The summed E-state index contributed by atoms with van der Waals surface area (Å²) < 4.78 is 5.09. The Morgan fingerprint density at radius 2 is 2.00 bits per heavy atom. The number of aliphatic carboxylic acids is 1. The molecule has 0 unspecified atom stereocenters. The lowest BCUT2D eigenvalue weighted by molar-refractivity contribution is -0.182. The summed E-state index contributed by atoms with van der Waals surface area (Å²) >= 11 is 0. The van der Waals surface area contributed by atoms with Gasteiger partial charge in [0.25, 0.3) is 0 Å². The monoisotopic (exact) mass is 255 g/mol. The highest BCUT2D eigenvalue weighted by atomic mass is 16.5. The van der Waals surface area contributed by atoms with Gasteiger partial charge in [0.1, 0.15) is 5.41 Å². The van der Waals surface area contributed by atoms with Crippen molar-refractivity contribution in [2.24, 2.45) is 11.3 Å². The van der Waals surface area contributed by atoms with Crippen LogP contribution in [0.25, 0.3) is 0 Å². The molecule has 104 valence electrons. The Labute approximate surface area is 109 Å². The summed E-state index contributed by atoms with van der Waals surface area (Å²) in [5.41, 5.74) is -0.638. The highest BCUT2D eigenvalue weighted by molar-refractivity contribution is 5.76. The molecular weight excluding hydrogens is 230 g/mol. The van der Waals surface area contributed by atoms with Gasteiger partial charge in [-0.05, 0) is 25.9 Å². The molecule has 0 aromatic heterocycles. The van der Waals surface area contributed by atoms with Gasteiger partial charge >= 0.3 is 5.97 Å². The number of rotatable bonds is 6. The third-order valence-corrected chi connectivity index (χ3v) is 4.43. The first kappa shape index (κ1) is 13.8. The zero-order valence-electron chi connectivity index (χ0n) is 11.4. The number of hydrogen-bond acceptors (Lipinski definition) is 3. The first-order valence-corrected chi connectivity index (χ1v) is 7.12. The number of carbonyl (C=O) groups is 1. The third-order valence-electron chi connectivity index (χ3n) is 4.43. The number of ether oxygens (including phenoxy) is 1. The van der Waals surface area contributed by atoms with Crippen LogP contribution in [0.3, 0.4) is 0 Å². The predicted molar refractivity (Wildman–Crippen MR) is 69.6 cm³/mol. The van der Waals surface area contributed by atoms with Crippen LogP contribution >= 0.6 is 0 Å². The van der Waals surface area contributed by atoms with E-state index < -0.39 is 11.4 Å². The van der Waals surface area contributed by atoms with Crippen molar-refractivity contribution in [2.75, 3.05) is 33.4 Å². The van der Waals surface area contributed by atoms with Gasteiger partial charge in [0.15, 0.2) is 0 Å². The summed E-state index contributed by atoms with van der Waals surface area (Å²) in [6.07, 6.45) is 8.09. The van der Waals surface area contributed by atoms with E-state index in [0.717, 1.165) is 12.5 Å². The quantitative estimate of drug-likeness (QED) is 0.788. The van der Waals surface area contributed by atoms with Gasteiger partial charge in [0, 0.05) is 6.54 Å². The standard InChI is InChI=1S/C14H25NO3/c1-15(8-7-12-5-3-2-4-6-12)9-14(13(16)17)10-18-11-14/h12H,2-11H2,1H3,(H,16,17). The fraction of sp³-hybridized carbons (Fsp3) is 0.929. The van der Waals surface area contributed by atoms with E-state index in [-0.39, 0.29) is 0 Å². The van der Waals surface area contributed by atoms with Gasteiger partial charge < -0.3 is 14.7 Å². The van der Waals surface area contributed by atoms with E-state index in [0.29, 0.717) is 19.8 Å². The number of nitrogens with zero attached hydrogens (tertiary/aromatic N) is 1. The Morgan fingerprint density at radius 1 is 1.33 bits per heavy atom. The van der Waals surface area contributed by atoms with E-state index in [1.54, 1.807) is 0 Å². The zero-order chi connectivity index (χ0) is 13.0. The molecule has 1 aliphatic carbocycles. The van der Waals surface area contributed by atoms with Crippen molar-refractivity contribution in [1.82, 2.24) is 4.90 Å². The van der Waals surface area contributed by atoms with Gasteiger partial charge in [0.2, 0.25) is 0 Å². The molecule has 0 aromatic rings. The smallest absolute Gasteiger partial charge is 0.315 e. The van der Waals surface area contributed by atoms with Gasteiger partial charge in [-0.25, -0.2) is 0 Å². The molecule has 0 amide bonds. The minimum absolute atomic E-state index is 0.371. The lowest BCUT2D eigenvalue weighted by atomic mass is 9.84. The molecule has 1 aliphatic heterocycles. The largest absolute Gasteiger partial charge is 0.481 e. The second kappa shape index (κ2) is 6.02. The fourth-order valence-electron chi connectivity index (χ4n) is 3.11. The van der Waals surface area contributed by atoms with Crippen LogP contribution in [0.1, 0.15) is 38.5 Å². The van der Waals surface area contributed by atoms with Crippen LogP contribution in [0.5, 0.6) is 0 Å². The van der Waals surface area contributed by atoms with E-state index in [1.165, 1.54) is 38.5 Å². The molecular formula is C14H25NO3. The van der Waals surface area contributed by atoms with Crippen LogP contribution in [0.2, 0.25) is 0 Å². The van der Waals surface area contributed by atoms with E-state index in [9.17, 15) is 9.90 Å². The van der Waals surface area contributed by atoms with Crippen molar-refractivity contribution < 1.29 is 14.6 Å². The van der Waals surface area contributed by atoms with Crippen LogP contribution in [-0.2, 0) is 9.53 Å². The SMILES string of the molecule is CN(CCC1CCCCC1)CC1(C(=O)O)COC1. The Morgan fingerprint density at radius 3 is 2.50 bits per heavy atom. The van der Waals surface area contributed by atoms with Crippen molar-refractivity contribution in [3.8, 4) is 0 Å². The first-order chi connectivity index (χ1) is 8.62. The van der Waals surface area contributed by atoms with Crippen molar-refractivity contribution in [1.29, 1.82) is 0 Å². The molecule has 0 atom stereocenters. The van der Waals surface area contributed by atoms with Crippen LogP contribution in [0, 0.1) is 11.3 Å². The van der Waals surface area contributed by atoms with Crippen molar-refractivity contribution in [3.05, 3.63) is 0 Å². The second-order valence-electron chi connectivity index (χ2n) is 6.11. The molecule has 2 aliphatic rings. The topological polar surface area (TPSA) is 49.8 Å². The Balaban J connectivity index is 1.71. The highest BCUT2D eigenvalue weighted by Gasteiger charge is 2.46. The summed E-state index contributed by atoms with van der Waals surface area (Å²) in [6.45, 7) is 2.38. The molecule has 0 spiro atoms. The Kier molecular flexibility index (Phi) is 4.62. The molecule has 0 aromatic carbocycles. The first-order valence-electron chi connectivity index (χ1n) is 7.12. The third kappa shape index (κ3) is 3.23. The van der Waals surface area contributed by atoms with Gasteiger partial charge in [0.05, 0.1) is 13.2 Å². The molecule has 1 saturated heterocycles. The summed E-state index contributed by atoms with van der Waals surface area (Å²) in [5.74, 6) is 0.151. The molecule has 4 heteroatoms. The van der Waals surface area contributed by atoms with Crippen LogP contribution < -0.4 is 0 Å². The van der Waals surface area contributed by atoms with E-state index in [1.807, 2.05) is 7.05 Å². The fourth-order valence-corrected chi connectivity index (χ4v) is 3.11. The molecule has 0 bridgehead atoms. The summed E-state index contributed by atoms with van der Waals surface area (Å²) in [4.78, 5) is 13.4. The van der Waals surface area contributed by atoms with E-state index in [2.05, 4.69) is 4.90 Å². The van der Waals surface area contributed by atoms with Crippen molar-refractivity contribution >= 4 is 5.97 Å². The molecule has 1 heterocycles. The minimum Gasteiger partial charge on any atom is -0.481 e. The molecule has 1 saturated carbocycles. The molecule has 1 N–H and O–H groups in total. The average molecular weight is 255 g/mol. The highest BCUT2D eigenvalue weighted by Crippen LogP contribution is 2.30. The number of hydrogen-bond donors (Lipinski definition) is 1. The Bertz CT molecular complexity index is 283. The molecule has 4 nitrogen and oxygen atoms in total. The average Bonchev–Trinajstić information content (AvgIpc) is 2.32. The van der Waals surface area contributed by atoms with Crippen LogP contribution in [0.4, 0.5) is 0 Å². The van der Waals surface area contributed by atoms with E-state index >= 15 is 0 Å². The van der Waals surface area contributed by atoms with Crippen LogP contribution in [0.15, 0.2) is 0 Å². The predicted octanol–water partition coefficient (Wildman–Crippen LogP) is 1.99. The maximum absolute atomic E-state index is 11.2. The molecule has 0 radical (unpaired) electrons. The van der Waals surface area contributed by atoms with Gasteiger partial charge in [-0.15, -0.1) is 0 Å². The maximum atomic E-state index is 11.2.